The molecule has 1 aliphatic heterocycles. The zero-order valence-electron chi connectivity index (χ0n) is 10.5. The van der Waals surface area contributed by atoms with Crippen molar-refractivity contribution in [3.8, 4) is 5.75 Å². The molecule has 1 N–H and O–H groups in total. The molecular formula is C14H18O3S. The maximum absolute atomic E-state index is 11.8. The van der Waals surface area contributed by atoms with Gasteiger partial charge in [-0.15, -0.1) is 0 Å². The van der Waals surface area contributed by atoms with Crippen LogP contribution in [0.25, 0.3) is 0 Å². The molecule has 4 heteroatoms. The van der Waals surface area contributed by atoms with Crippen LogP contribution in [0.15, 0.2) is 24.3 Å². The van der Waals surface area contributed by atoms with E-state index in [2.05, 4.69) is 0 Å². The Balaban J connectivity index is 2.33. The van der Waals surface area contributed by atoms with Crippen LogP contribution in [0.3, 0.4) is 0 Å². The lowest BCUT2D eigenvalue weighted by atomic mass is 9.73. The number of ether oxygens (including phenoxy) is 1. The third kappa shape index (κ3) is 2.34. The summed E-state index contributed by atoms with van der Waals surface area (Å²) in [5.41, 5.74) is 0.0785. The molecule has 0 fully saturated rings. The number of carboxylic acids is 1. The Morgan fingerprint density at radius 1 is 1.50 bits per heavy atom. The highest BCUT2D eigenvalue weighted by Gasteiger charge is 2.43. The van der Waals surface area contributed by atoms with Gasteiger partial charge in [-0.3, -0.25) is 4.79 Å². The third-order valence-corrected chi connectivity index (χ3v) is 4.25. The first kappa shape index (κ1) is 13.3. The number of carbonyl (C=O) groups is 1. The lowest BCUT2D eigenvalue weighted by Crippen LogP contribution is -2.40. The van der Waals surface area contributed by atoms with Crippen molar-refractivity contribution in [1.82, 2.24) is 0 Å². The molecule has 0 spiro atoms. The molecule has 1 aromatic rings. The van der Waals surface area contributed by atoms with Crippen molar-refractivity contribution in [1.29, 1.82) is 0 Å². The summed E-state index contributed by atoms with van der Waals surface area (Å²) in [5.74, 6) is 1.01. The summed E-state index contributed by atoms with van der Waals surface area (Å²) in [6, 6.07) is 7.53. The van der Waals surface area contributed by atoms with E-state index in [0.29, 0.717) is 19.4 Å². The molecule has 0 amide bonds. The van der Waals surface area contributed by atoms with Gasteiger partial charge in [-0.2, -0.15) is 11.8 Å². The molecule has 1 aromatic carbocycles. The number of rotatable bonds is 5. The van der Waals surface area contributed by atoms with E-state index in [1.807, 2.05) is 30.5 Å². The lowest BCUT2D eigenvalue weighted by molar-refractivity contribution is -0.145. The average Bonchev–Trinajstić information content (AvgIpc) is 2.39. The average molecular weight is 266 g/mol. The minimum atomic E-state index is -0.759. The minimum Gasteiger partial charge on any atom is -0.493 e. The smallest absolute Gasteiger partial charge is 0.314 e. The summed E-state index contributed by atoms with van der Waals surface area (Å²) < 4.78 is 5.57. The SMILES string of the molecule is CSCCCC1(C(=O)O)CCOc2ccccc21. The topological polar surface area (TPSA) is 46.5 Å². The van der Waals surface area contributed by atoms with Crippen LogP contribution in [0.5, 0.6) is 5.75 Å². The fourth-order valence-electron chi connectivity index (χ4n) is 2.56. The van der Waals surface area contributed by atoms with Gasteiger partial charge in [0.1, 0.15) is 5.75 Å². The molecule has 18 heavy (non-hydrogen) atoms. The number of hydrogen-bond acceptors (Lipinski definition) is 3. The molecule has 1 atom stereocenters. The molecule has 1 aliphatic rings. The Morgan fingerprint density at radius 2 is 2.28 bits per heavy atom. The first-order chi connectivity index (χ1) is 8.70. The van der Waals surface area contributed by atoms with Crippen LogP contribution < -0.4 is 4.74 Å². The molecule has 2 rings (SSSR count). The summed E-state index contributed by atoms with van der Waals surface area (Å²) in [6.07, 6.45) is 4.21. The summed E-state index contributed by atoms with van der Waals surface area (Å²) in [4.78, 5) is 11.8. The number of para-hydroxylation sites is 1. The van der Waals surface area contributed by atoms with E-state index in [-0.39, 0.29) is 0 Å². The summed E-state index contributed by atoms with van der Waals surface area (Å²) in [5, 5.41) is 9.67. The van der Waals surface area contributed by atoms with Crippen molar-refractivity contribution in [2.45, 2.75) is 24.7 Å². The first-order valence-corrected chi connectivity index (χ1v) is 7.55. The van der Waals surface area contributed by atoms with Gasteiger partial charge in [-0.1, -0.05) is 18.2 Å². The summed E-state index contributed by atoms with van der Waals surface area (Å²) in [7, 11) is 0. The fourth-order valence-corrected chi connectivity index (χ4v) is 3.00. The second-order valence-electron chi connectivity index (χ2n) is 4.58. The van der Waals surface area contributed by atoms with Gasteiger partial charge < -0.3 is 9.84 Å². The van der Waals surface area contributed by atoms with Gasteiger partial charge >= 0.3 is 5.97 Å². The van der Waals surface area contributed by atoms with Gasteiger partial charge in [-0.25, -0.2) is 0 Å². The number of hydrogen-bond donors (Lipinski definition) is 1. The van der Waals surface area contributed by atoms with E-state index in [9.17, 15) is 9.90 Å². The van der Waals surface area contributed by atoms with Crippen molar-refractivity contribution >= 4 is 17.7 Å². The maximum atomic E-state index is 11.8. The van der Waals surface area contributed by atoms with E-state index in [0.717, 1.165) is 23.5 Å². The standard InChI is InChI=1S/C14H18O3S/c1-18-10-4-7-14(13(15)16)8-9-17-12-6-3-2-5-11(12)14/h2-3,5-6H,4,7-10H2,1H3,(H,15,16). The van der Waals surface area contributed by atoms with Crippen LogP contribution in [0.4, 0.5) is 0 Å². The first-order valence-electron chi connectivity index (χ1n) is 6.15. The number of aliphatic carboxylic acids is 1. The monoisotopic (exact) mass is 266 g/mol. The van der Waals surface area contributed by atoms with Crippen molar-refractivity contribution in [2.24, 2.45) is 0 Å². The molecule has 3 nitrogen and oxygen atoms in total. The largest absolute Gasteiger partial charge is 0.493 e. The van der Waals surface area contributed by atoms with Gasteiger partial charge in [0.2, 0.25) is 0 Å². The van der Waals surface area contributed by atoms with E-state index in [1.54, 1.807) is 11.8 Å². The van der Waals surface area contributed by atoms with Crippen LogP contribution in [0, 0.1) is 0 Å². The van der Waals surface area contributed by atoms with Crippen LogP contribution in [-0.2, 0) is 10.2 Å². The number of fused-ring (bicyclic) bond motifs is 1. The Kier molecular flexibility index (Phi) is 4.17. The predicted octanol–water partition coefficient (Wildman–Crippen LogP) is 2.93. The van der Waals surface area contributed by atoms with E-state index >= 15 is 0 Å². The zero-order chi connectivity index (χ0) is 13.0. The van der Waals surface area contributed by atoms with Crippen molar-refractivity contribution in [3.05, 3.63) is 29.8 Å². The highest BCUT2D eigenvalue weighted by molar-refractivity contribution is 7.98. The van der Waals surface area contributed by atoms with Crippen LogP contribution >= 0.6 is 11.8 Å². The predicted molar refractivity (Wildman–Crippen MR) is 73.5 cm³/mol. The molecule has 0 saturated carbocycles. The second-order valence-corrected chi connectivity index (χ2v) is 5.56. The van der Waals surface area contributed by atoms with Crippen LogP contribution in [0.2, 0.25) is 0 Å². The Morgan fingerprint density at radius 3 is 3.00 bits per heavy atom. The van der Waals surface area contributed by atoms with Crippen molar-refractivity contribution in [2.75, 3.05) is 18.6 Å². The number of thioether (sulfide) groups is 1. The Labute approximate surface area is 112 Å². The fraction of sp³-hybridized carbons (Fsp3) is 0.500. The van der Waals surface area contributed by atoms with Crippen LogP contribution in [0.1, 0.15) is 24.8 Å². The highest BCUT2D eigenvalue weighted by atomic mass is 32.2. The summed E-state index contributed by atoms with van der Waals surface area (Å²) >= 11 is 1.76. The molecule has 0 bridgehead atoms. The molecule has 1 heterocycles. The normalized spacial score (nSPS) is 22.1. The molecule has 0 radical (unpaired) electrons. The maximum Gasteiger partial charge on any atom is 0.314 e. The van der Waals surface area contributed by atoms with Gasteiger partial charge in [0.05, 0.1) is 12.0 Å². The molecule has 0 aromatic heterocycles. The van der Waals surface area contributed by atoms with Crippen molar-refractivity contribution < 1.29 is 14.6 Å². The Hall–Kier alpha value is -1.16. The molecular weight excluding hydrogens is 248 g/mol. The highest BCUT2D eigenvalue weighted by Crippen LogP contribution is 2.42. The minimum absolute atomic E-state index is 0.489. The zero-order valence-corrected chi connectivity index (χ0v) is 11.3. The summed E-state index contributed by atoms with van der Waals surface area (Å²) in [6.45, 7) is 0.489. The van der Waals surface area contributed by atoms with E-state index in [1.165, 1.54) is 0 Å². The lowest BCUT2D eigenvalue weighted by Gasteiger charge is -2.35. The van der Waals surface area contributed by atoms with Gasteiger partial charge in [0, 0.05) is 12.0 Å². The van der Waals surface area contributed by atoms with Gasteiger partial charge in [0.25, 0.3) is 0 Å². The van der Waals surface area contributed by atoms with Crippen molar-refractivity contribution in [3.63, 3.8) is 0 Å². The number of benzene rings is 1. The molecule has 0 saturated heterocycles. The van der Waals surface area contributed by atoms with E-state index in [4.69, 9.17) is 4.74 Å². The number of carboxylic acid groups (broad SMARTS) is 1. The van der Waals surface area contributed by atoms with E-state index < -0.39 is 11.4 Å². The second kappa shape index (κ2) is 5.65. The molecule has 0 aliphatic carbocycles. The van der Waals surface area contributed by atoms with Crippen LogP contribution in [-0.4, -0.2) is 29.7 Å². The molecule has 98 valence electrons. The third-order valence-electron chi connectivity index (χ3n) is 3.55. The quantitative estimate of drug-likeness (QED) is 0.832. The van der Waals surface area contributed by atoms with Gasteiger partial charge in [0.15, 0.2) is 0 Å². The molecule has 1 unspecified atom stereocenters. The Bertz CT molecular complexity index is 433. The van der Waals surface area contributed by atoms with Gasteiger partial charge in [-0.05, 0) is 30.9 Å².